The fourth-order valence-corrected chi connectivity index (χ4v) is 2.95. The maximum atomic E-state index is 12.8. The molecule has 1 amide bonds. The van der Waals surface area contributed by atoms with E-state index < -0.39 is 0 Å². The minimum atomic E-state index is 0.0770. The number of carbonyl (C=O) groups is 1. The molecule has 4 nitrogen and oxygen atoms in total. The van der Waals surface area contributed by atoms with Gasteiger partial charge in [0.1, 0.15) is 5.75 Å². The molecule has 0 fully saturated rings. The minimum Gasteiger partial charge on any atom is -0.497 e. The van der Waals surface area contributed by atoms with Crippen LogP contribution < -0.4 is 15.0 Å². The molecule has 1 N–H and O–H groups in total. The molecule has 0 saturated carbocycles. The maximum Gasteiger partial charge on any atom is 0.241 e. The van der Waals surface area contributed by atoms with E-state index in [1.165, 1.54) is 0 Å². The smallest absolute Gasteiger partial charge is 0.241 e. The first kappa shape index (κ1) is 19.0. The first-order chi connectivity index (χ1) is 12.1. The molecular formula is C21H28N2O2. The Balaban J connectivity index is 2.04. The Morgan fingerprint density at radius 2 is 1.72 bits per heavy atom. The third-order valence-electron chi connectivity index (χ3n) is 4.25. The van der Waals surface area contributed by atoms with Crippen LogP contribution in [0.2, 0.25) is 0 Å². The van der Waals surface area contributed by atoms with Crippen molar-refractivity contribution >= 4 is 11.6 Å². The molecule has 2 aromatic carbocycles. The van der Waals surface area contributed by atoms with Gasteiger partial charge in [-0.2, -0.15) is 0 Å². The fraction of sp³-hybridized carbons (Fsp3) is 0.381. The number of hydrogen-bond acceptors (Lipinski definition) is 3. The highest BCUT2D eigenvalue weighted by Crippen LogP contribution is 2.21. The number of carbonyl (C=O) groups excluding carboxylic acids is 1. The summed E-state index contributed by atoms with van der Waals surface area (Å²) in [7, 11) is 1.66. The van der Waals surface area contributed by atoms with Crippen LogP contribution in [0.25, 0.3) is 0 Å². The number of hydrogen-bond donors (Lipinski definition) is 1. The van der Waals surface area contributed by atoms with Crippen molar-refractivity contribution < 1.29 is 9.53 Å². The Morgan fingerprint density at radius 1 is 1.08 bits per heavy atom. The van der Waals surface area contributed by atoms with E-state index in [2.05, 4.69) is 12.2 Å². The van der Waals surface area contributed by atoms with Crippen LogP contribution in [0.1, 0.15) is 38.8 Å². The van der Waals surface area contributed by atoms with E-state index in [0.717, 1.165) is 23.4 Å². The molecule has 1 unspecified atom stereocenters. The van der Waals surface area contributed by atoms with Gasteiger partial charge < -0.3 is 15.0 Å². The molecule has 25 heavy (non-hydrogen) atoms. The van der Waals surface area contributed by atoms with E-state index >= 15 is 0 Å². The van der Waals surface area contributed by atoms with Gasteiger partial charge in [0, 0.05) is 17.8 Å². The highest BCUT2D eigenvalue weighted by Gasteiger charge is 2.20. The molecule has 1 atom stereocenters. The summed E-state index contributed by atoms with van der Waals surface area (Å²) in [5.74, 6) is 0.915. The number of benzene rings is 2. The van der Waals surface area contributed by atoms with Crippen molar-refractivity contribution in [2.75, 3.05) is 18.6 Å². The monoisotopic (exact) mass is 340 g/mol. The van der Waals surface area contributed by atoms with Gasteiger partial charge in [0.05, 0.1) is 13.7 Å². The van der Waals surface area contributed by atoms with Crippen LogP contribution in [0, 0.1) is 0 Å². The fourth-order valence-electron chi connectivity index (χ4n) is 2.95. The molecular weight excluding hydrogens is 312 g/mol. The normalized spacial score (nSPS) is 12.0. The summed E-state index contributed by atoms with van der Waals surface area (Å²) in [5.41, 5.74) is 2.09. The van der Waals surface area contributed by atoms with E-state index in [1.807, 2.05) is 73.3 Å². The molecule has 0 radical (unpaired) electrons. The molecule has 0 saturated heterocycles. The molecule has 0 spiro atoms. The van der Waals surface area contributed by atoms with Crippen molar-refractivity contribution in [2.45, 2.75) is 39.3 Å². The zero-order valence-corrected chi connectivity index (χ0v) is 15.5. The molecule has 0 heterocycles. The quantitative estimate of drug-likeness (QED) is 0.784. The summed E-state index contributed by atoms with van der Waals surface area (Å²) in [4.78, 5) is 14.6. The number of nitrogens with one attached hydrogen (secondary N) is 1. The van der Waals surface area contributed by atoms with Gasteiger partial charge in [-0.1, -0.05) is 37.3 Å². The average molecular weight is 340 g/mol. The number of rotatable bonds is 8. The van der Waals surface area contributed by atoms with Crippen molar-refractivity contribution in [1.29, 1.82) is 0 Å². The molecule has 0 bridgehead atoms. The molecule has 0 aliphatic carbocycles. The summed E-state index contributed by atoms with van der Waals surface area (Å²) < 4.78 is 5.21. The van der Waals surface area contributed by atoms with Gasteiger partial charge in [-0.05, 0) is 50.1 Å². The summed E-state index contributed by atoms with van der Waals surface area (Å²) in [5, 5.41) is 3.40. The third kappa shape index (κ3) is 5.07. The SMILES string of the molecule is CCC(NCC(=O)N(c1ccccc1)C(C)C)c1ccc(OC)cc1. The number of nitrogens with zero attached hydrogens (tertiary/aromatic N) is 1. The highest BCUT2D eigenvalue weighted by atomic mass is 16.5. The molecule has 4 heteroatoms. The molecule has 0 aliphatic rings. The van der Waals surface area contributed by atoms with Gasteiger partial charge in [-0.25, -0.2) is 0 Å². The standard InChI is InChI=1S/C21H28N2O2/c1-5-20(17-11-13-19(25-4)14-12-17)22-15-21(24)23(16(2)3)18-9-7-6-8-10-18/h6-14,16,20,22H,5,15H2,1-4H3. The Hall–Kier alpha value is -2.33. The lowest BCUT2D eigenvalue weighted by Crippen LogP contribution is -2.43. The van der Waals surface area contributed by atoms with Gasteiger partial charge >= 0.3 is 0 Å². The molecule has 0 aliphatic heterocycles. The number of amides is 1. The van der Waals surface area contributed by atoms with Crippen molar-refractivity contribution in [2.24, 2.45) is 0 Å². The summed E-state index contributed by atoms with van der Waals surface area (Å²) in [6, 6.07) is 18.0. The Kier molecular flexibility index (Phi) is 7.02. The molecule has 0 aromatic heterocycles. The van der Waals surface area contributed by atoms with Crippen molar-refractivity contribution in [3.8, 4) is 5.75 Å². The lowest BCUT2D eigenvalue weighted by atomic mass is 10.0. The predicted octanol–water partition coefficient (Wildman–Crippen LogP) is 4.18. The molecule has 134 valence electrons. The first-order valence-corrected chi connectivity index (χ1v) is 8.81. The first-order valence-electron chi connectivity index (χ1n) is 8.81. The number of ether oxygens (including phenoxy) is 1. The van der Waals surface area contributed by atoms with E-state index in [0.29, 0.717) is 6.54 Å². The topological polar surface area (TPSA) is 41.6 Å². The predicted molar refractivity (Wildman–Crippen MR) is 103 cm³/mol. The van der Waals surface area contributed by atoms with Crippen LogP contribution in [0.4, 0.5) is 5.69 Å². The van der Waals surface area contributed by atoms with Crippen molar-refractivity contribution in [1.82, 2.24) is 5.32 Å². The van der Waals surface area contributed by atoms with Crippen molar-refractivity contribution in [3.63, 3.8) is 0 Å². The lowest BCUT2D eigenvalue weighted by Gasteiger charge is -2.28. The zero-order valence-electron chi connectivity index (χ0n) is 15.5. The highest BCUT2D eigenvalue weighted by molar-refractivity contribution is 5.95. The van der Waals surface area contributed by atoms with Gasteiger partial charge in [-0.3, -0.25) is 4.79 Å². The Labute approximate surface area is 150 Å². The second-order valence-electron chi connectivity index (χ2n) is 6.31. The van der Waals surface area contributed by atoms with Gasteiger partial charge in [-0.15, -0.1) is 0 Å². The van der Waals surface area contributed by atoms with E-state index in [-0.39, 0.29) is 18.0 Å². The average Bonchev–Trinajstić information content (AvgIpc) is 2.63. The molecule has 2 aromatic rings. The second kappa shape index (κ2) is 9.23. The van der Waals surface area contributed by atoms with Crippen LogP contribution >= 0.6 is 0 Å². The summed E-state index contributed by atoms with van der Waals surface area (Å²) >= 11 is 0. The zero-order chi connectivity index (χ0) is 18.2. The molecule has 2 rings (SSSR count). The van der Waals surface area contributed by atoms with Crippen molar-refractivity contribution in [3.05, 3.63) is 60.2 Å². The van der Waals surface area contributed by atoms with Crippen LogP contribution in [0.15, 0.2) is 54.6 Å². The number of methoxy groups -OCH3 is 1. The number of para-hydroxylation sites is 1. The van der Waals surface area contributed by atoms with E-state index in [1.54, 1.807) is 7.11 Å². The summed E-state index contributed by atoms with van der Waals surface area (Å²) in [6.07, 6.45) is 0.909. The minimum absolute atomic E-state index is 0.0770. The van der Waals surface area contributed by atoms with Gasteiger partial charge in [0.15, 0.2) is 0 Å². The van der Waals surface area contributed by atoms with E-state index in [9.17, 15) is 4.79 Å². The van der Waals surface area contributed by atoms with Gasteiger partial charge in [0.2, 0.25) is 5.91 Å². The lowest BCUT2D eigenvalue weighted by molar-refractivity contribution is -0.118. The van der Waals surface area contributed by atoms with E-state index in [4.69, 9.17) is 4.74 Å². The largest absolute Gasteiger partial charge is 0.497 e. The Morgan fingerprint density at radius 3 is 2.24 bits per heavy atom. The second-order valence-corrected chi connectivity index (χ2v) is 6.31. The maximum absolute atomic E-state index is 12.8. The Bertz CT molecular complexity index is 653. The summed E-state index contributed by atoms with van der Waals surface area (Å²) in [6.45, 7) is 6.48. The van der Waals surface area contributed by atoms with Crippen LogP contribution in [0.5, 0.6) is 5.75 Å². The van der Waals surface area contributed by atoms with Crippen LogP contribution in [-0.2, 0) is 4.79 Å². The van der Waals surface area contributed by atoms with Crippen LogP contribution in [-0.4, -0.2) is 25.6 Å². The third-order valence-corrected chi connectivity index (χ3v) is 4.25. The van der Waals surface area contributed by atoms with Crippen LogP contribution in [0.3, 0.4) is 0 Å². The van der Waals surface area contributed by atoms with Gasteiger partial charge in [0.25, 0.3) is 0 Å². The number of anilines is 1.